The van der Waals surface area contributed by atoms with Crippen LogP contribution in [0.1, 0.15) is 25.8 Å². The minimum atomic E-state index is -0.520. The highest BCUT2D eigenvalue weighted by Crippen LogP contribution is 2.36. The molecule has 136 valence electrons. The molecule has 1 atom stereocenters. The summed E-state index contributed by atoms with van der Waals surface area (Å²) in [7, 11) is 0. The van der Waals surface area contributed by atoms with Gasteiger partial charge in [0.2, 0.25) is 5.91 Å². The number of carbonyl (C=O) groups is 2. The molecular formula is C20H21FN2O3. The van der Waals surface area contributed by atoms with Crippen LogP contribution >= 0.6 is 0 Å². The number of fused-ring (bicyclic) bond motifs is 1. The van der Waals surface area contributed by atoms with Crippen LogP contribution in [0.25, 0.3) is 0 Å². The van der Waals surface area contributed by atoms with Crippen molar-refractivity contribution in [3.8, 4) is 5.75 Å². The molecule has 2 aromatic carbocycles. The summed E-state index contributed by atoms with van der Waals surface area (Å²) < 4.78 is 18.6. The second kappa shape index (κ2) is 7.56. The lowest BCUT2D eigenvalue weighted by Gasteiger charge is -2.33. The molecule has 0 radical (unpaired) electrons. The molecule has 1 aliphatic rings. The molecule has 2 aromatic rings. The van der Waals surface area contributed by atoms with Gasteiger partial charge in [0.15, 0.2) is 6.10 Å². The SMILES string of the molecule is CCCN1C(=O)C(C)Oc2ccc(NC(=O)Cc3ccc(F)cc3)cc21. The Morgan fingerprint density at radius 2 is 1.96 bits per heavy atom. The van der Waals surface area contributed by atoms with Gasteiger partial charge in [-0.2, -0.15) is 0 Å². The first-order valence-electron chi connectivity index (χ1n) is 8.64. The van der Waals surface area contributed by atoms with Crippen LogP contribution < -0.4 is 15.0 Å². The molecule has 5 nitrogen and oxygen atoms in total. The number of nitrogens with zero attached hydrogens (tertiary/aromatic N) is 1. The number of nitrogens with one attached hydrogen (secondary N) is 1. The summed E-state index contributed by atoms with van der Waals surface area (Å²) in [6, 6.07) is 11.1. The molecule has 1 aliphatic heterocycles. The summed E-state index contributed by atoms with van der Waals surface area (Å²) in [6.07, 6.45) is 0.439. The summed E-state index contributed by atoms with van der Waals surface area (Å²) in [5.41, 5.74) is 1.97. The van der Waals surface area contributed by atoms with Crippen LogP contribution in [-0.2, 0) is 16.0 Å². The molecule has 0 spiro atoms. The number of benzene rings is 2. The second-order valence-electron chi connectivity index (χ2n) is 6.28. The molecule has 1 unspecified atom stereocenters. The molecule has 1 N–H and O–H groups in total. The van der Waals surface area contributed by atoms with Crippen molar-refractivity contribution in [1.29, 1.82) is 0 Å². The molecule has 0 bridgehead atoms. The number of hydrogen-bond donors (Lipinski definition) is 1. The fourth-order valence-corrected chi connectivity index (χ4v) is 2.93. The average molecular weight is 356 g/mol. The highest BCUT2D eigenvalue weighted by Gasteiger charge is 2.31. The van der Waals surface area contributed by atoms with Crippen molar-refractivity contribution in [3.63, 3.8) is 0 Å². The van der Waals surface area contributed by atoms with Gasteiger partial charge in [0.1, 0.15) is 11.6 Å². The largest absolute Gasteiger partial charge is 0.479 e. The lowest BCUT2D eigenvalue weighted by Crippen LogP contribution is -2.44. The average Bonchev–Trinajstić information content (AvgIpc) is 2.61. The Morgan fingerprint density at radius 1 is 1.23 bits per heavy atom. The van der Waals surface area contributed by atoms with Gasteiger partial charge in [-0.1, -0.05) is 19.1 Å². The van der Waals surface area contributed by atoms with E-state index in [1.54, 1.807) is 42.2 Å². The maximum absolute atomic E-state index is 12.9. The zero-order valence-corrected chi connectivity index (χ0v) is 14.8. The van der Waals surface area contributed by atoms with E-state index in [9.17, 15) is 14.0 Å². The van der Waals surface area contributed by atoms with E-state index in [2.05, 4.69) is 5.32 Å². The van der Waals surface area contributed by atoms with Gasteiger partial charge >= 0.3 is 0 Å². The summed E-state index contributed by atoms with van der Waals surface area (Å²) in [6.45, 7) is 4.32. The van der Waals surface area contributed by atoms with Crippen molar-refractivity contribution in [3.05, 3.63) is 53.8 Å². The van der Waals surface area contributed by atoms with Gasteiger partial charge in [-0.05, 0) is 49.2 Å². The molecule has 26 heavy (non-hydrogen) atoms. The zero-order valence-electron chi connectivity index (χ0n) is 14.8. The first-order valence-corrected chi connectivity index (χ1v) is 8.64. The lowest BCUT2D eigenvalue weighted by molar-refractivity contribution is -0.125. The van der Waals surface area contributed by atoms with E-state index in [0.717, 1.165) is 12.0 Å². The van der Waals surface area contributed by atoms with Crippen LogP contribution in [0.2, 0.25) is 0 Å². The van der Waals surface area contributed by atoms with Gasteiger partial charge < -0.3 is 15.0 Å². The molecule has 0 saturated heterocycles. The predicted octanol–water partition coefficient (Wildman–Crippen LogP) is 3.53. The molecular weight excluding hydrogens is 335 g/mol. The van der Waals surface area contributed by atoms with E-state index in [4.69, 9.17) is 4.74 Å². The highest BCUT2D eigenvalue weighted by atomic mass is 19.1. The Bertz CT molecular complexity index is 820. The fourth-order valence-electron chi connectivity index (χ4n) is 2.93. The van der Waals surface area contributed by atoms with Crippen LogP contribution in [0.15, 0.2) is 42.5 Å². The number of amides is 2. The van der Waals surface area contributed by atoms with Crippen molar-refractivity contribution < 1.29 is 18.7 Å². The van der Waals surface area contributed by atoms with E-state index in [0.29, 0.717) is 23.7 Å². The van der Waals surface area contributed by atoms with Crippen LogP contribution in [-0.4, -0.2) is 24.5 Å². The number of halogens is 1. The first-order chi connectivity index (χ1) is 12.5. The normalized spacial score (nSPS) is 16.0. The molecule has 0 saturated carbocycles. The van der Waals surface area contributed by atoms with E-state index in [1.807, 2.05) is 6.92 Å². The monoisotopic (exact) mass is 356 g/mol. The maximum Gasteiger partial charge on any atom is 0.267 e. The van der Waals surface area contributed by atoms with E-state index >= 15 is 0 Å². The molecule has 3 rings (SSSR count). The molecule has 0 aromatic heterocycles. The van der Waals surface area contributed by atoms with Crippen LogP contribution in [0.3, 0.4) is 0 Å². The third-order valence-electron chi connectivity index (χ3n) is 4.18. The van der Waals surface area contributed by atoms with Crippen molar-refractivity contribution in [2.45, 2.75) is 32.8 Å². The van der Waals surface area contributed by atoms with Gasteiger partial charge in [0, 0.05) is 12.2 Å². The molecule has 1 heterocycles. The first kappa shape index (κ1) is 17.9. The minimum absolute atomic E-state index is 0.0888. The fraction of sp³-hybridized carbons (Fsp3) is 0.300. The van der Waals surface area contributed by atoms with Crippen LogP contribution in [0, 0.1) is 5.82 Å². The van der Waals surface area contributed by atoms with Crippen molar-refractivity contribution in [2.24, 2.45) is 0 Å². The Labute approximate surface area is 151 Å². The summed E-state index contributed by atoms with van der Waals surface area (Å²) >= 11 is 0. The lowest BCUT2D eigenvalue weighted by atomic mass is 10.1. The van der Waals surface area contributed by atoms with Gasteiger partial charge in [0.25, 0.3) is 5.91 Å². The van der Waals surface area contributed by atoms with Crippen molar-refractivity contribution in [2.75, 3.05) is 16.8 Å². The molecule has 0 fully saturated rings. The zero-order chi connectivity index (χ0) is 18.7. The Hall–Kier alpha value is -2.89. The number of rotatable bonds is 5. The number of carbonyl (C=O) groups excluding carboxylic acids is 2. The topological polar surface area (TPSA) is 58.6 Å². The van der Waals surface area contributed by atoms with Crippen LogP contribution in [0.5, 0.6) is 5.75 Å². The predicted molar refractivity (Wildman–Crippen MR) is 97.9 cm³/mol. The summed E-state index contributed by atoms with van der Waals surface area (Å²) in [5, 5.41) is 2.82. The number of hydrogen-bond acceptors (Lipinski definition) is 3. The van der Waals surface area contributed by atoms with Gasteiger partial charge in [-0.3, -0.25) is 9.59 Å². The molecule has 6 heteroatoms. The van der Waals surface area contributed by atoms with Crippen molar-refractivity contribution in [1.82, 2.24) is 0 Å². The third kappa shape index (κ3) is 3.85. The maximum atomic E-state index is 12.9. The Morgan fingerprint density at radius 3 is 2.65 bits per heavy atom. The van der Waals surface area contributed by atoms with E-state index in [1.165, 1.54) is 12.1 Å². The van der Waals surface area contributed by atoms with Gasteiger partial charge in [-0.25, -0.2) is 4.39 Å². The highest BCUT2D eigenvalue weighted by molar-refractivity contribution is 6.01. The minimum Gasteiger partial charge on any atom is -0.479 e. The molecule has 0 aliphatic carbocycles. The number of ether oxygens (including phenoxy) is 1. The van der Waals surface area contributed by atoms with Gasteiger partial charge in [-0.15, -0.1) is 0 Å². The molecule has 2 amide bonds. The Balaban J connectivity index is 1.76. The smallest absolute Gasteiger partial charge is 0.267 e. The van der Waals surface area contributed by atoms with Gasteiger partial charge in [0.05, 0.1) is 12.1 Å². The quantitative estimate of drug-likeness (QED) is 0.892. The van der Waals surface area contributed by atoms with Crippen LogP contribution in [0.4, 0.5) is 15.8 Å². The second-order valence-corrected chi connectivity index (χ2v) is 6.28. The van der Waals surface area contributed by atoms with E-state index < -0.39 is 6.10 Å². The van der Waals surface area contributed by atoms with Crippen molar-refractivity contribution >= 4 is 23.2 Å². The Kier molecular flexibility index (Phi) is 5.21. The summed E-state index contributed by atoms with van der Waals surface area (Å²) in [5.74, 6) is -0.00926. The third-order valence-corrected chi connectivity index (χ3v) is 4.18. The number of anilines is 2. The van der Waals surface area contributed by atoms with E-state index in [-0.39, 0.29) is 24.1 Å². The standard InChI is InChI=1S/C20H21FN2O3/c1-3-10-23-17-12-16(8-9-18(17)26-13(2)20(23)25)22-19(24)11-14-4-6-15(21)7-5-14/h4-9,12-13H,3,10-11H2,1-2H3,(H,22,24). The summed E-state index contributed by atoms with van der Waals surface area (Å²) in [4.78, 5) is 26.3.